The fraction of sp³-hybridized carbons (Fsp3) is 0.698. The molecule has 1 amide bonds. The molecule has 9 heteroatoms. The molecule has 6 nitrogen and oxygen atoms in total. The molecule has 3 aromatic carbocycles. The number of carbonyl (C=O) groups is 1. The molecular weight excluding hydrogens is 935 g/mol. The van der Waals surface area contributed by atoms with E-state index in [1.807, 2.05) is 0 Å². The molecule has 0 unspecified atom stereocenters. The molecule has 0 bridgehead atoms. The van der Waals surface area contributed by atoms with Crippen molar-refractivity contribution in [2.75, 3.05) is 26.4 Å². The molecule has 72 heavy (non-hydrogen) atoms. The average Bonchev–Trinajstić information content (AvgIpc) is 3.29. The number of nitrogens with one attached hydrogen (secondary N) is 1. The second-order valence-corrected chi connectivity index (χ2v) is 41.2. The summed E-state index contributed by atoms with van der Waals surface area (Å²) >= 11 is 0. The molecule has 3 rings (SSSR count). The summed E-state index contributed by atoms with van der Waals surface area (Å²) in [6.07, 6.45) is 9.39. The zero-order valence-corrected chi connectivity index (χ0v) is 52.9. The Morgan fingerprint density at radius 3 is 1.10 bits per heavy atom. The van der Waals surface area contributed by atoms with E-state index in [2.05, 4.69) is 217 Å². The fourth-order valence-electron chi connectivity index (χ4n) is 13.6. The molecule has 408 valence electrons. The molecular formula is C63H109NO5Si3. The van der Waals surface area contributed by atoms with Crippen molar-refractivity contribution in [3.05, 3.63) is 101 Å². The van der Waals surface area contributed by atoms with Gasteiger partial charge in [0.05, 0.1) is 26.4 Å². The Morgan fingerprint density at radius 2 is 0.764 bits per heavy atom. The third-order valence-corrected chi connectivity index (χ3v) is 35.3. The second kappa shape index (κ2) is 29.7. The maximum atomic E-state index is 14.5. The Labute approximate surface area is 447 Å². The normalized spacial score (nSPS) is 13.2. The van der Waals surface area contributed by atoms with Crippen LogP contribution in [0.2, 0.25) is 49.9 Å². The molecule has 0 spiro atoms. The van der Waals surface area contributed by atoms with Gasteiger partial charge in [-0.15, -0.1) is 0 Å². The number of ether oxygens (including phenoxy) is 1. The van der Waals surface area contributed by atoms with Crippen LogP contribution in [-0.2, 0) is 18.1 Å². The lowest BCUT2D eigenvalue weighted by Gasteiger charge is -2.50. The lowest BCUT2D eigenvalue weighted by Crippen LogP contribution is -2.65. The van der Waals surface area contributed by atoms with Crippen molar-refractivity contribution in [1.82, 2.24) is 5.32 Å². The van der Waals surface area contributed by atoms with Crippen molar-refractivity contribution in [2.45, 2.75) is 258 Å². The van der Waals surface area contributed by atoms with Crippen molar-refractivity contribution in [1.29, 1.82) is 0 Å². The smallest absolute Gasteiger partial charge is 0.220 e. The van der Waals surface area contributed by atoms with Crippen molar-refractivity contribution in [3.8, 4) is 5.75 Å². The van der Waals surface area contributed by atoms with Crippen LogP contribution in [0.4, 0.5) is 0 Å². The van der Waals surface area contributed by atoms with E-state index >= 15 is 0 Å². The third kappa shape index (κ3) is 16.2. The number of carbonyl (C=O) groups excluding carboxylic acids is 1. The first-order valence-electron chi connectivity index (χ1n) is 28.9. The summed E-state index contributed by atoms with van der Waals surface area (Å²) < 4.78 is 28.9. The summed E-state index contributed by atoms with van der Waals surface area (Å²) in [5.41, 5.74) is 9.57. The number of amides is 1. The highest BCUT2D eigenvalue weighted by molar-refractivity contribution is 6.78. The Balaban J connectivity index is 1.67. The highest BCUT2D eigenvalue weighted by Gasteiger charge is 2.52. The third-order valence-electron chi connectivity index (χ3n) is 17.1. The maximum absolute atomic E-state index is 14.5. The Hall–Kier alpha value is -2.54. The Kier molecular flexibility index (Phi) is 26.3. The molecule has 0 aliphatic rings. The van der Waals surface area contributed by atoms with E-state index in [0.29, 0.717) is 76.1 Å². The molecule has 0 atom stereocenters. The van der Waals surface area contributed by atoms with E-state index in [-0.39, 0.29) is 11.8 Å². The van der Waals surface area contributed by atoms with Crippen LogP contribution in [0.5, 0.6) is 5.75 Å². The average molecular weight is 1040 g/mol. The minimum Gasteiger partial charge on any atom is -0.494 e. The number of hydrogen-bond donors (Lipinski definition) is 1. The molecule has 0 aromatic heterocycles. The van der Waals surface area contributed by atoms with Gasteiger partial charge in [-0.05, 0) is 117 Å². The highest BCUT2D eigenvalue weighted by Crippen LogP contribution is 2.47. The Bertz CT molecular complexity index is 1810. The van der Waals surface area contributed by atoms with Crippen molar-refractivity contribution >= 4 is 30.9 Å². The van der Waals surface area contributed by atoms with Gasteiger partial charge in [-0.3, -0.25) is 4.79 Å². The minimum absolute atomic E-state index is 0.0977. The summed E-state index contributed by atoms with van der Waals surface area (Å²) in [5.74, 6) is 1.22. The van der Waals surface area contributed by atoms with Gasteiger partial charge in [-0.25, -0.2) is 0 Å². The van der Waals surface area contributed by atoms with Crippen LogP contribution < -0.4 is 10.1 Å². The molecule has 0 aliphatic heterocycles. The van der Waals surface area contributed by atoms with E-state index in [0.717, 1.165) is 44.5 Å². The van der Waals surface area contributed by atoms with Gasteiger partial charge in [-0.1, -0.05) is 224 Å². The van der Waals surface area contributed by atoms with Crippen LogP contribution in [0.3, 0.4) is 0 Å². The topological polar surface area (TPSA) is 66.0 Å². The molecule has 0 radical (unpaired) electrons. The van der Waals surface area contributed by atoms with Crippen molar-refractivity contribution < 1.29 is 22.8 Å². The standard InChI is InChI=1S/C63H109NO5Si3/c1-46(2)70(47(3)4,48(5)6)67-43-63(44-68-71(49(7)8,50(9)10)51(11)12,45-69-72(52(13)14,53(15)16)54(17)18)64-61(65)37-27-25-23-21-22-24-26-32-42-66-58-40-38-57(39-41-58)62(59-35-30-28-33-55(59)19)60-36-31-29-34-56(60)20/h28-31,33-36,38-41,46-54,62H,21-27,32,37,42-45H2,1-20H3,(H,64,65). The number of aryl methyl sites for hydroxylation is 2. The van der Waals surface area contributed by atoms with Gasteiger partial charge in [0.1, 0.15) is 11.3 Å². The van der Waals surface area contributed by atoms with Crippen molar-refractivity contribution in [2.24, 2.45) is 0 Å². The number of benzene rings is 3. The summed E-state index contributed by atoms with van der Waals surface area (Å²) in [6.45, 7) is 48.8. The molecule has 1 N–H and O–H groups in total. The summed E-state index contributed by atoms with van der Waals surface area (Å²) in [4.78, 5) is 14.5. The van der Waals surface area contributed by atoms with E-state index in [4.69, 9.17) is 18.0 Å². The summed E-state index contributed by atoms with van der Waals surface area (Å²) in [5, 5.41) is 3.71. The molecule has 0 fully saturated rings. The number of hydrogen-bond acceptors (Lipinski definition) is 5. The molecule has 3 aromatic rings. The van der Waals surface area contributed by atoms with Crippen LogP contribution >= 0.6 is 0 Å². The quantitative estimate of drug-likeness (QED) is 0.0367. The maximum Gasteiger partial charge on any atom is 0.220 e. The SMILES string of the molecule is Cc1ccccc1C(c1ccc(OCCCCCCCCCCC(=O)NC(CO[Si](C(C)C)(C(C)C)C(C)C)(CO[Si](C(C)C)(C(C)C)C(C)C)CO[Si](C(C)C)(C(C)C)C(C)C)cc1)c1ccccc1C. The predicted octanol–water partition coefficient (Wildman–Crippen LogP) is 18.8. The van der Waals surface area contributed by atoms with Gasteiger partial charge in [0.2, 0.25) is 5.91 Å². The fourth-order valence-corrected chi connectivity index (χ4v) is 30.2. The first-order valence-corrected chi connectivity index (χ1v) is 35.3. The number of rotatable bonds is 34. The highest BCUT2D eigenvalue weighted by atomic mass is 28.4. The lowest BCUT2D eigenvalue weighted by molar-refractivity contribution is -0.125. The molecule has 0 saturated carbocycles. The first-order chi connectivity index (χ1) is 33.9. The van der Waals surface area contributed by atoms with Gasteiger partial charge in [0.25, 0.3) is 0 Å². The van der Waals surface area contributed by atoms with E-state index in [9.17, 15) is 4.79 Å². The minimum atomic E-state index is -2.32. The zero-order chi connectivity index (χ0) is 54.0. The van der Waals surface area contributed by atoms with Crippen LogP contribution in [0.15, 0.2) is 72.8 Å². The van der Waals surface area contributed by atoms with Crippen molar-refractivity contribution in [3.63, 3.8) is 0 Å². The summed E-state index contributed by atoms with van der Waals surface area (Å²) in [6, 6.07) is 26.3. The van der Waals surface area contributed by atoms with Crippen LogP contribution in [0, 0.1) is 13.8 Å². The molecule has 0 saturated heterocycles. The predicted molar refractivity (Wildman–Crippen MR) is 319 cm³/mol. The van der Waals surface area contributed by atoms with E-state index in [1.165, 1.54) is 47.1 Å². The second-order valence-electron chi connectivity index (χ2n) is 24.8. The van der Waals surface area contributed by atoms with Crippen LogP contribution in [-0.4, -0.2) is 62.8 Å². The lowest BCUT2D eigenvalue weighted by atomic mass is 9.81. The Morgan fingerprint density at radius 1 is 0.444 bits per heavy atom. The van der Waals surface area contributed by atoms with E-state index < -0.39 is 30.5 Å². The molecule has 0 heterocycles. The van der Waals surface area contributed by atoms with Crippen LogP contribution in [0.25, 0.3) is 0 Å². The zero-order valence-electron chi connectivity index (χ0n) is 49.9. The summed E-state index contributed by atoms with van der Waals surface area (Å²) in [7, 11) is -6.95. The van der Waals surface area contributed by atoms with Gasteiger partial charge in [0, 0.05) is 12.3 Å². The van der Waals surface area contributed by atoms with Crippen LogP contribution in [0.1, 0.15) is 216 Å². The molecule has 0 aliphatic carbocycles. The monoisotopic (exact) mass is 1040 g/mol. The van der Waals surface area contributed by atoms with Gasteiger partial charge in [0.15, 0.2) is 25.0 Å². The van der Waals surface area contributed by atoms with Gasteiger partial charge >= 0.3 is 0 Å². The number of unbranched alkanes of at least 4 members (excludes halogenated alkanes) is 7. The van der Waals surface area contributed by atoms with E-state index in [1.54, 1.807) is 0 Å². The van der Waals surface area contributed by atoms with Gasteiger partial charge in [-0.2, -0.15) is 0 Å². The largest absolute Gasteiger partial charge is 0.494 e. The van der Waals surface area contributed by atoms with Gasteiger partial charge < -0.3 is 23.3 Å². The first kappa shape index (κ1) is 63.8.